The van der Waals surface area contributed by atoms with Crippen molar-refractivity contribution < 1.29 is 33.3 Å². The van der Waals surface area contributed by atoms with E-state index in [0.717, 1.165) is 40.2 Å². The smallest absolute Gasteiger partial charge is 0.303 e. The highest BCUT2D eigenvalue weighted by Gasteiger charge is 2.37. The number of aromatic nitrogens is 1. The van der Waals surface area contributed by atoms with Gasteiger partial charge in [0.05, 0.1) is 25.2 Å². The minimum Gasteiger partial charge on any atom is -0.497 e. The number of piperidine rings is 1. The van der Waals surface area contributed by atoms with E-state index in [1.807, 2.05) is 25.1 Å². The van der Waals surface area contributed by atoms with Crippen molar-refractivity contribution in [3.63, 3.8) is 0 Å². The molecule has 204 valence electrons. The quantitative estimate of drug-likeness (QED) is 0.350. The average Bonchev–Trinajstić information content (AvgIpc) is 2.87. The normalized spacial score (nSPS) is 16.3. The van der Waals surface area contributed by atoms with E-state index in [0.29, 0.717) is 51.1 Å². The molecule has 1 atom stereocenters. The zero-order valence-electron chi connectivity index (χ0n) is 21.8. The van der Waals surface area contributed by atoms with Crippen molar-refractivity contribution in [2.45, 2.75) is 45.1 Å². The van der Waals surface area contributed by atoms with E-state index in [1.54, 1.807) is 13.3 Å². The fourth-order valence-corrected chi connectivity index (χ4v) is 5.44. The van der Waals surface area contributed by atoms with Gasteiger partial charge in [0.2, 0.25) is 0 Å². The van der Waals surface area contributed by atoms with Gasteiger partial charge in [0.25, 0.3) is 0 Å². The lowest BCUT2D eigenvalue weighted by Crippen LogP contribution is -2.42. The number of carboxylic acids is 1. The number of halogens is 2. The number of pyridine rings is 1. The van der Waals surface area contributed by atoms with Crippen molar-refractivity contribution in [2.75, 3.05) is 33.4 Å². The number of aliphatic hydroxyl groups is 1. The Kier molecular flexibility index (Phi) is 8.79. The first kappa shape index (κ1) is 27.7. The fraction of sp³-hybridized carbons (Fsp3) is 0.448. The van der Waals surface area contributed by atoms with Gasteiger partial charge in [0.15, 0.2) is 0 Å². The van der Waals surface area contributed by atoms with Gasteiger partial charge in [-0.25, -0.2) is 8.78 Å². The number of aliphatic carboxylic acids is 1. The van der Waals surface area contributed by atoms with Crippen LogP contribution in [0.3, 0.4) is 0 Å². The summed E-state index contributed by atoms with van der Waals surface area (Å²) in [4.78, 5) is 18.4. The number of carboxylic acid groups (broad SMARTS) is 1. The van der Waals surface area contributed by atoms with E-state index >= 15 is 0 Å². The molecule has 1 aliphatic heterocycles. The van der Waals surface area contributed by atoms with Crippen LogP contribution in [0, 0.1) is 24.0 Å². The summed E-state index contributed by atoms with van der Waals surface area (Å²) >= 11 is 0. The molecule has 38 heavy (non-hydrogen) atoms. The minimum absolute atomic E-state index is 0.0382. The SMILES string of the molecule is COc1ccc2ncc(C)c([C@H](O)CCC3(CC(=O)O)CCN(CCOc4cc(F)cc(F)c4)CC3)c2c1. The van der Waals surface area contributed by atoms with Gasteiger partial charge < -0.3 is 19.7 Å². The second-order valence-electron chi connectivity index (χ2n) is 10.2. The van der Waals surface area contributed by atoms with Gasteiger partial charge in [0.1, 0.15) is 29.7 Å². The molecule has 4 rings (SSSR count). The van der Waals surface area contributed by atoms with Gasteiger partial charge in [-0.15, -0.1) is 0 Å². The van der Waals surface area contributed by atoms with Crippen LogP contribution in [-0.4, -0.2) is 59.4 Å². The van der Waals surface area contributed by atoms with Crippen molar-refractivity contribution in [3.8, 4) is 11.5 Å². The number of fused-ring (bicyclic) bond motifs is 1. The van der Waals surface area contributed by atoms with Gasteiger partial charge in [-0.1, -0.05) is 0 Å². The number of aryl methyl sites for hydroxylation is 1. The number of likely N-dealkylation sites (tertiary alicyclic amines) is 1. The number of rotatable bonds is 11. The van der Waals surface area contributed by atoms with Crippen LogP contribution >= 0.6 is 0 Å². The minimum atomic E-state index is -0.848. The predicted octanol–water partition coefficient (Wildman–Crippen LogP) is 5.28. The highest BCUT2D eigenvalue weighted by Crippen LogP contribution is 2.42. The van der Waals surface area contributed by atoms with Gasteiger partial charge in [-0.2, -0.15) is 0 Å². The van der Waals surface area contributed by atoms with Crippen molar-refractivity contribution in [1.82, 2.24) is 9.88 Å². The molecule has 1 aromatic heterocycles. The van der Waals surface area contributed by atoms with E-state index in [2.05, 4.69) is 9.88 Å². The molecule has 0 unspecified atom stereocenters. The van der Waals surface area contributed by atoms with Crippen LogP contribution in [0.5, 0.6) is 11.5 Å². The third-order valence-electron chi connectivity index (χ3n) is 7.55. The predicted molar refractivity (Wildman–Crippen MR) is 139 cm³/mol. The summed E-state index contributed by atoms with van der Waals surface area (Å²) in [6.07, 6.45) is 3.36. The molecule has 1 aliphatic rings. The Bertz CT molecular complexity index is 1260. The maximum atomic E-state index is 13.4. The van der Waals surface area contributed by atoms with E-state index in [4.69, 9.17) is 9.47 Å². The number of aliphatic hydroxyl groups excluding tert-OH is 1. The molecule has 0 amide bonds. The number of hydrogen-bond acceptors (Lipinski definition) is 6. The highest BCUT2D eigenvalue weighted by molar-refractivity contribution is 5.84. The standard InChI is InChI=1S/C29H34F2N2O5/c1-19-18-32-25-4-3-22(37-2)16-24(25)28(19)26(34)5-6-29(17-27(35)36)7-9-33(10-8-29)11-12-38-23-14-20(30)13-21(31)15-23/h3-4,13-16,18,26,34H,5-12,17H2,1-2H3,(H,35,36)/t26-/m1/s1. The molecule has 3 aromatic rings. The maximum absolute atomic E-state index is 13.4. The second kappa shape index (κ2) is 12.0. The molecular formula is C29H34F2N2O5. The number of methoxy groups -OCH3 is 1. The molecule has 0 bridgehead atoms. The molecule has 1 fully saturated rings. The van der Waals surface area contributed by atoms with E-state index < -0.39 is 29.1 Å². The van der Waals surface area contributed by atoms with Crippen LogP contribution in [0.1, 0.15) is 49.3 Å². The lowest BCUT2D eigenvalue weighted by molar-refractivity contribution is -0.141. The summed E-state index contributed by atoms with van der Waals surface area (Å²) in [5.74, 6) is -1.40. The molecule has 2 N–H and O–H groups in total. The van der Waals surface area contributed by atoms with Crippen molar-refractivity contribution in [1.29, 1.82) is 0 Å². The van der Waals surface area contributed by atoms with Gasteiger partial charge in [0, 0.05) is 36.3 Å². The van der Waals surface area contributed by atoms with E-state index in [9.17, 15) is 23.8 Å². The summed E-state index contributed by atoms with van der Waals surface area (Å²) < 4.78 is 37.6. The van der Waals surface area contributed by atoms with Crippen LogP contribution in [0.15, 0.2) is 42.6 Å². The molecule has 1 saturated heterocycles. The average molecular weight is 529 g/mol. The largest absolute Gasteiger partial charge is 0.497 e. The number of ether oxygens (including phenoxy) is 2. The second-order valence-corrected chi connectivity index (χ2v) is 10.2. The lowest BCUT2D eigenvalue weighted by Gasteiger charge is -2.41. The van der Waals surface area contributed by atoms with Gasteiger partial charge >= 0.3 is 5.97 Å². The Hall–Kier alpha value is -3.30. The molecule has 2 aromatic carbocycles. The Morgan fingerprint density at radius 2 is 1.84 bits per heavy atom. The van der Waals surface area contributed by atoms with Crippen LogP contribution in [0.25, 0.3) is 10.9 Å². The number of carbonyl (C=O) groups is 1. The molecule has 0 spiro atoms. The zero-order chi connectivity index (χ0) is 27.3. The van der Waals surface area contributed by atoms with Gasteiger partial charge in [-0.05, 0) is 80.4 Å². The molecule has 0 aliphatic carbocycles. The topological polar surface area (TPSA) is 92.1 Å². The first-order valence-electron chi connectivity index (χ1n) is 12.8. The first-order chi connectivity index (χ1) is 18.2. The number of benzene rings is 2. The lowest BCUT2D eigenvalue weighted by atomic mass is 9.71. The van der Waals surface area contributed by atoms with Crippen LogP contribution < -0.4 is 9.47 Å². The van der Waals surface area contributed by atoms with Crippen LogP contribution in [-0.2, 0) is 4.79 Å². The zero-order valence-corrected chi connectivity index (χ0v) is 21.8. The molecule has 9 heteroatoms. The van der Waals surface area contributed by atoms with Gasteiger partial charge in [-0.3, -0.25) is 14.7 Å². The molecule has 0 radical (unpaired) electrons. The number of nitrogens with zero attached hydrogens (tertiary/aromatic N) is 2. The fourth-order valence-electron chi connectivity index (χ4n) is 5.44. The highest BCUT2D eigenvalue weighted by atomic mass is 19.1. The van der Waals surface area contributed by atoms with Crippen LogP contribution in [0.2, 0.25) is 0 Å². The summed E-state index contributed by atoms with van der Waals surface area (Å²) in [6.45, 7) is 4.10. The Morgan fingerprint density at radius 3 is 2.50 bits per heavy atom. The molecular weight excluding hydrogens is 494 g/mol. The molecule has 0 saturated carbocycles. The van der Waals surface area contributed by atoms with E-state index in [-0.39, 0.29) is 18.8 Å². The molecule has 2 heterocycles. The summed E-state index contributed by atoms with van der Waals surface area (Å²) in [6, 6.07) is 8.65. The van der Waals surface area contributed by atoms with E-state index in [1.165, 1.54) is 0 Å². The molecule has 7 nitrogen and oxygen atoms in total. The van der Waals surface area contributed by atoms with Crippen molar-refractivity contribution in [3.05, 3.63) is 65.4 Å². The third-order valence-corrected chi connectivity index (χ3v) is 7.55. The summed E-state index contributed by atoms with van der Waals surface area (Å²) in [5.41, 5.74) is 2.01. The first-order valence-corrected chi connectivity index (χ1v) is 12.8. The Labute approximate surface area is 221 Å². The number of hydrogen-bond donors (Lipinski definition) is 2. The Morgan fingerprint density at radius 1 is 1.13 bits per heavy atom. The summed E-state index contributed by atoms with van der Waals surface area (Å²) in [5, 5.41) is 21.7. The van der Waals surface area contributed by atoms with Crippen molar-refractivity contribution in [2.24, 2.45) is 5.41 Å². The maximum Gasteiger partial charge on any atom is 0.303 e. The third kappa shape index (κ3) is 6.76. The monoisotopic (exact) mass is 528 g/mol. The summed E-state index contributed by atoms with van der Waals surface area (Å²) in [7, 11) is 1.59. The van der Waals surface area contributed by atoms with Crippen molar-refractivity contribution >= 4 is 16.9 Å². The Balaban J connectivity index is 1.38. The van der Waals surface area contributed by atoms with Crippen LogP contribution in [0.4, 0.5) is 8.78 Å².